The Balaban J connectivity index is 1.61. The highest BCUT2D eigenvalue weighted by atomic mass is 32.2. The first-order valence-corrected chi connectivity index (χ1v) is 9.38. The summed E-state index contributed by atoms with van der Waals surface area (Å²) in [5.41, 5.74) is -0.108. The normalized spacial score (nSPS) is 21.7. The third-order valence-corrected chi connectivity index (χ3v) is 5.64. The molecule has 1 aromatic carbocycles. The summed E-state index contributed by atoms with van der Waals surface area (Å²) >= 11 is 1.48. The van der Waals surface area contributed by atoms with Crippen LogP contribution in [0.2, 0.25) is 0 Å². The van der Waals surface area contributed by atoms with Gasteiger partial charge in [0.1, 0.15) is 12.1 Å². The van der Waals surface area contributed by atoms with E-state index in [1.54, 1.807) is 24.3 Å². The second-order valence-corrected chi connectivity index (χ2v) is 7.39. The van der Waals surface area contributed by atoms with Crippen molar-refractivity contribution in [3.8, 4) is 0 Å². The third kappa shape index (κ3) is 3.67. The Morgan fingerprint density at radius 2 is 2.04 bits per heavy atom. The van der Waals surface area contributed by atoms with Crippen molar-refractivity contribution in [2.24, 2.45) is 0 Å². The number of hydrogen-bond donors (Lipinski definition) is 3. The van der Waals surface area contributed by atoms with Gasteiger partial charge < -0.3 is 20.6 Å². The van der Waals surface area contributed by atoms with E-state index in [9.17, 15) is 24.3 Å². The number of nitrogens with one attached hydrogen (secondary N) is 2. The van der Waals surface area contributed by atoms with E-state index in [4.69, 9.17) is 0 Å². The highest BCUT2D eigenvalue weighted by Gasteiger charge is 2.43. The summed E-state index contributed by atoms with van der Waals surface area (Å²) in [4.78, 5) is 49.3. The zero-order valence-electron chi connectivity index (χ0n) is 14.0. The molecule has 0 bridgehead atoms. The molecule has 2 aliphatic rings. The number of carboxylic acid groups (broad SMARTS) is 1. The Bertz CT molecular complexity index is 761. The molecular weight excluding hydrogens is 358 g/mol. The molecule has 0 spiro atoms. The number of thioether (sulfide) groups is 1. The largest absolute Gasteiger partial charge is 0.479 e. The Morgan fingerprint density at radius 1 is 1.27 bits per heavy atom. The second-order valence-electron chi connectivity index (χ2n) is 6.28. The van der Waals surface area contributed by atoms with Crippen LogP contribution >= 0.6 is 11.8 Å². The van der Waals surface area contributed by atoms with Crippen molar-refractivity contribution in [2.75, 3.05) is 28.3 Å². The monoisotopic (exact) mass is 377 g/mol. The highest BCUT2D eigenvalue weighted by molar-refractivity contribution is 7.99. The first-order valence-electron chi connectivity index (χ1n) is 8.23. The minimum absolute atomic E-state index is 0.101. The van der Waals surface area contributed by atoms with Gasteiger partial charge in [-0.1, -0.05) is 12.1 Å². The quantitative estimate of drug-likeness (QED) is 0.700. The first kappa shape index (κ1) is 18.2. The lowest BCUT2D eigenvalue weighted by atomic mass is 9.99. The van der Waals surface area contributed by atoms with Crippen LogP contribution in [0.1, 0.15) is 19.3 Å². The molecule has 9 heteroatoms. The molecule has 3 amide bonds. The van der Waals surface area contributed by atoms with Crippen LogP contribution in [0.5, 0.6) is 0 Å². The number of benzene rings is 1. The summed E-state index contributed by atoms with van der Waals surface area (Å²) < 4.78 is 0. The zero-order valence-corrected chi connectivity index (χ0v) is 14.8. The minimum atomic E-state index is -1.25. The number of hydrogen-bond acceptors (Lipinski definition) is 5. The fraction of sp³-hybridized carbons (Fsp3) is 0.412. The van der Waals surface area contributed by atoms with Crippen molar-refractivity contribution in [3.63, 3.8) is 0 Å². The lowest BCUT2D eigenvalue weighted by Gasteiger charge is -2.29. The Labute approximate surface area is 154 Å². The standard InChI is InChI=1S/C17H19N3O5S/c21-13(19-17(16(24)25)7-8-26-10-17)5-6-15(23)20-9-14(22)18-11-3-1-2-4-12(11)20/h1-4H,5-10H2,(H,18,22)(H,19,21)(H,24,25). The van der Waals surface area contributed by atoms with E-state index < -0.39 is 17.4 Å². The first-order chi connectivity index (χ1) is 12.4. The maximum atomic E-state index is 12.5. The number of carboxylic acids is 1. The summed E-state index contributed by atoms with van der Waals surface area (Å²) in [5.74, 6) is -1.18. The van der Waals surface area contributed by atoms with E-state index in [0.29, 0.717) is 29.3 Å². The lowest BCUT2D eigenvalue weighted by molar-refractivity contribution is -0.146. The molecule has 1 atom stereocenters. The number of carbonyl (C=O) groups is 4. The van der Waals surface area contributed by atoms with Gasteiger partial charge in [-0.05, 0) is 24.3 Å². The van der Waals surface area contributed by atoms with Gasteiger partial charge >= 0.3 is 5.97 Å². The zero-order chi connectivity index (χ0) is 18.7. The van der Waals surface area contributed by atoms with Gasteiger partial charge in [0.05, 0.1) is 11.4 Å². The van der Waals surface area contributed by atoms with Gasteiger partial charge in [-0.25, -0.2) is 4.79 Å². The third-order valence-electron chi connectivity index (χ3n) is 4.45. The number of nitrogens with zero attached hydrogens (tertiary/aromatic N) is 1. The molecule has 3 rings (SSSR count). The van der Waals surface area contributed by atoms with Crippen LogP contribution in [-0.2, 0) is 19.2 Å². The van der Waals surface area contributed by atoms with Crippen molar-refractivity contribution < 1.29 is 24.3 Å². The summed E-state index contributed by atoms with van der Waals surface area (Å²) in [6.45, 7) is -0.104. The van der Waals surface area contributed by atoms with E-state index in [2.05, 4.69) is 10.6 Å². The Morgan fingerprint density at radius 3 is 2.73 bits per heavy atom. The second kappa shape index (κ2) is 7.36. The molecule has 1 saturated heterocycles. The molecule has 0 radical (unpaired) electrons. The van der Waals surface area contributed by atoms with Crippen LogP contribution in [0.15, 0.2) is 24.3 Å². The molecule has 8 nitrogen and oxygen atoms in total. The van der Waals surface area contributed by atoms with E-state index >= 15 is 0 Å². The number of amides is 3. The Kier molecular flexibility index (Phi) is 5.17. The molecule has 0 aromatic heterocycles. The average Bonchev–Trinajstić information content (AvgIpc) is 3.08. The summed E-state index contributed by atoms with van der Waals surface area (Å²) in [6.07, 6.45) is 0.140. The lowest BCUT2D eigenvalue weighted by Crippen LogP contribution is -2.54. The van der Waals surface area contributed by atoms with Crippen LogP contribution in [-0.4, -0.2) is 52.4 Å². The van der Waals surface area contributed by atoms with Crippen molar-refractivity contribution in [3.05, 3.63) is 24.3 Å². The van der Waals surface area contributed by atoms with Gasteiger partial charge in [0.15, 0.2) is 0 Å². The molecule has 0 saturated carbocycles. The smallest absolute Gasteiger partial charge is 0.330 e. The topological polar surface area (TPSA) is 116 Å². The van der Waals surface area contributed by atoms with Crippen molar-refractivity contribution in [1.29, 1.82) is 0 Å². The van der Waals surface area contributed by atoms with Crippen LogP contribution in [0.4, 0.5) is 11.4 Å². The number of anilines is 2. The maximum Gasteiger partial charge on any atom is 0.330 e. The van der Waals surface area contributed by atoms with Gasteiger partial charge in [0, 0.05) is 18.6 Å². The average molecular weight is 377 g/mol. The molecular formula is C17H19N3O5S. The fourth-order valence-corrected chi connectivity index (χ4v) is 4.35. The number of aliphatic carboxylic acids is 1. The molecule has 2 heterocycles. The van der Waals surface area contributed by atoms with Crippen LogP contribution < -0.4 is 15.5 Å². The van der Waals surface area contributed by atoms with Crippen LogP contribution in [0.3, 0.4) is 0 Å². The van der Waals surface area contributed by atoms with Gasteiger partial charge in [0.2, 0.25) is 17.7 Å². The molecule has 138 valence electrons. The molecule has 1 fully saturated rings. The SMILES string of the molecule is O=C1CN(C(=O)CCC(=O)NC2(C(=O)O)CCSC2)c2ccccc2N1. The van der Waals surface area contributed by atoms with E-state index in [1.807, 2.05) is 0 Å². The predicted octanol–water partition coefficient (Wildman–Crippen LogP) is 0.828. The molecule has 1 aromatic rings. The number of fused-ring (bicyclic) bond motifs is 1. The van der Waals surface area contributed by atoms with Gasteiger partial charge in [0.25, 0.3) is 0 Å². The Hall–Kier alpha value is -2.55. The van der Waals surface area contributed by atoms with E-state index in [1.165, 1.54) is 16.7 Å². The number of rotatable bonds is 5. The van der Waals surface area contributed by atoms with Gasteiger partial charge in [-0.3, -0.25) is 14.4 Å². The predicted molar refractivity (Wildman–Crippen MR) is 97.1 cm³/mol. The van der Waals surface area contributed by atoms with Crippen LogP contribution in [0.25, 0.3) is 0 Å². The minimum Gasteiger partial charge on any atom is -0.479 e. The summed E-state index contributed by atoms with van der Waals surface area (Å²) in [6, 6.07) is 6.94. The van der Waals surface area contributed by atoms with Crippen molar-refractivity contribution >= 4 is 46.8 Å². The fourth-order valence-electron chi connectivity index (χ4n) is 3.03. The van der Waals surface area contributed by atoms with E-state index in [0.717, 1.165) is 0 Å². The van der Waals surface area contributed by atoms with Gasteiger partial charge in [-0.15, -0.1) is 0 Å². The molecule has 0 aliphatic carbocycles. The van der Waals surface area contributed by atoms with Crippen molar-refractivity contribution in [2.45, 2.75) is 24.8 Å². The maximum absolute atomic E-state index is 12.5. The van der Waals surface area contributed by atoms with E-state index in [-0.39, 0.29) is 31.2 Å². The number of carbonyl (C=O) groups excluding carboxylic acids is 3. The van der Waals surface area contributed by atoms with Crippen molar-refractivity contribution in [1.82, 2.24) is 5.32 Å². The van der Waals surface area contributed by atoms with Crippen LogP contribution in [0, 0.1) is 0 Å². The highest BCUT2D eigenvalue weighted by Crippen LogP contribution is 2.30. The summed E-state index contributed by atoms with van der Waals surface area (Å²) in [5, 5.41) is 14.6. The molecule has 1 unspecified atom stereocenters. The molecule has 3 N–H and O–H groups in total. The van der Waals surface area contributed by atoms with Gasteiger partial charge in [-0.2, -0.15) is 11.8 Å². The molecule has 2 aliphatic heterocycles. The molecule has 26 heavy (non-hydrogen) atoms. The number of para-hydroxylation sites is 2. The summed E-state index contributed by atoms with van der Waals surface area (Å²) in [7, 11) is 0.